The molecule has 0 bridgehead atoms. The van der Waals surface area contributed by atoms with Crippen molar-refractivity contribution in [2.24, 2.45) is 0 Å². The number of hydrogen-bond donors (Lipinski definition) is 0. The minimum Gasteiger partial charge on any atom is -0.144 e. The number of aryl methyl sites for hydroxylation is 1. The number of fused-ring (bicyclic) bond motifs is 1. The summed E-state index contributed by atoms with van der Waals surface area (Å²) in [6.07, 6.45) is 4.04. The maximum Gasteiger partial charge on any atom is 0.0134 e. The number of hydrogen-bond acceptors (Lipinski definition) is 1. The van der Waals surface area contributed by atoms with Crippen LogP contribution in [0.4, 0.5) is 0 Å². The third-order valence-corrected chi connectivity index (χ3v) is 4.69. The Kier molecular flexibility index (Phi) is 2.03. The van der Waals surface area contributed by atoms with E-state index in [-0.39, 0.29) is 0 Å². The molecule has 2 rings (SSSR count). The van der Waals surface area contributed by atoms with Crippen molar-refractivity contribution in [3.05, 3.63) is 20.9 Å². The highest BCUT2D eigenvalue weighted by Gasteiger charge is 2.25. The van der Waals surface area contributed by atoms with Gasteiger partial charge in [-0.1, -0.05) is 20.8 Å². The average Bonchev–Trinajstić information content (AvgIpc) is 2.51. The maximum atomic E-state index is 2.32. The smallest absolute Gasteiger partial charge is 0.0134 e. The highest BCUT2D eigenvalue weighted by Crippen LogP contribution is 2.40. The van der Waals surface area contributed by atoms with Gasteiger partial charge in [-0.25, -0.2) is 0 Å². The molecule has 0 unspecified atom stereocenters. The fourth-order valence-corrected chi connectivity index (χ4v) is 3.73. The predicted octanol–water partition coefficient (Wildman–Crippen LogP) is 3.84. The molecule has 0 atom stereocenters. The molecule has 1 aromatic rings. The molecular weight excluding hydrogens is 176 g/mol. The van der Waals surface area contributed by atoms with Crippen molar-refractivity contribution in [1.29, 1.82) is 0 Å². The van der Waals surface area contributed by atoms with E-state index in [0.717, 1.165) is 0 Å². The van der Waals surface area contributed by atoms with Crippen LogP contribution in [0.1, 0.15) is 48.1 Å². The summed E-state index contributed by atoms with van der Waals surface area (Å²) in [7, 11) is 0. The summed E-state index contributed by atoms with van der Waals surface area (Å²) < 4.78 is 0. The van der Waals surface area contributed by atoms with Crippen molar-refractivity contribution in [2.75, 3.05) is 0 Å². The van der Waals surface area contributed by atoms with Gasteiger partial charge < -0.3 is 0 Å². The fraction of sp³-hybridized carbons (Fsp3) is 0.667. The van der Waals surface area contributed by atoms with Gasteiger partial charge in [0, 0.05) is 9.75 Å². The SMILES string of the molecule is Cc1c(C(C)(C)C)sc2c1CCC2. The van der Waals surface area contributed by atoms with Crippen LogP contribution in [0.2, 0.25) is 0 Å². The fourth-order valence-electron chi connectivity index (χ4n) is 2.28. The molecule has 0 aromatic carbocycles. The van der Waals surface area contributed by atoms with Gasteiger partial charge in [-0.3, -0.25) is 0 Å². The standard InChI is InChI=1S/C12H18S/c1-8-9-6-5-7-10(9)13-11(8)12(2,3)4/h5-7H2,1-4H3. The molecule has 0 nitrogen and oxygen atoms in total. The first kappa shape index (κ1) is 9.26. The highest BCUT2D eigenvalue weighted by molar-refractivity contribution is 7.12. The summed E-state index contributed by atoms with van der Waals surface area (Å²) >= 11 is 2.06. The monoisotopic (exact) mass is 194 g/mol. The Hall–Kier alpha value is -0.300. The van der Waals surface area contributed by atoms with Crippen molar-refractivity contribution in [3.63, 3.8) is 0 Å². The van der Waals surface area contributed by atoms with Gasteiger partial charge in [-0.15, -0.1) is 11.3 Å². The Morgan fingerprint density at radius 3 is 2.38 bits per heavy atom. The van der Waals surface area contributed by atoms with Crippen LogP contribution in [0.25, 0.3) is 0 Å². The van der Waals surface area contributed by atoms with Gasteiger partial charge in [0.25, 0.3) is 0 Å². The third-order valence-electron chi connectivity index (χ3n) is 2.87. The van der Waals surface area contributed by atoms with Crippen molar-refractivity contribution in [1.82, 2.24) is 0 Å². The maximum absolute atomic E-state index is 2.32. The molecule has 1 heterocycles. The van der Waals surface area contributed by atoms with E-state index in [4.69, 9.17) is 0 Å². The number of thiophene rings is 1. The van der Waals surface area contributed by atoms with E-state index in [1.165, 1.54) is 19.3 Å². The zero-order chi connectivity index (χ0) is 9.64. The molecule has 0 spiro atoms. The first-order valence-electron chi connectivity index (χ1n) is 5.12. The minimum absolute atomic E-state index is 0.346. The van der Waals surface area contributed by atoms with E-state index in [0.29, 0.717) is 5.41 Å². The normalized spacial score (nSPS) is 16.3. The molecule has 1 aliphatic carbocycles. The van der Waals surface area contributed by atoms with Gasteiger partial charge in [0.2, 0.25) is 0 Å². The molecule has 1 aromatic heterocycles. The van der Waals surface area contributed by atoms with Gasteiger partial charge in [0.05, 0.1) is 0 Å². The molecule has 1 aliphatic rings. The number of rotatable bonds is 0. The lowest BCUT2D eigenvalue weighted by Crippen LogP contribution is -2.10. The van der Waals surface area contributed by atoms with Gasteiger partial charge >= 0.3 is 0 Å². The van der Waals surface area contributed by atoms with Crippen LogP contribution in [0.15, 0.2) is 0 Å². The van der Waals surface area contributed by atoms with E-state index < -0.39 is 0 Å². The minimum atomic E-state index is 0.346. The van der Waals surface area contributed by atoms with Crippen LogP contribution in [0.5, 0.6) is 0 Å². The molecule has 0 saturated carbocycles. The largest absolute Gasteiger partial charge is 0.144 e. The van der Waals surface area contributed by atoms with Gasteiger partial charge in [0.15, 0.2) is 0 Å². The van der Waals surface area contributed by atoms with Crippen molar-refractivity contribution in [2.45, 2.75) is 52.4 Å². The second-order valence-corrected chi connectivity index (χ2v) is 6.17. The molecule has 1 heteroatoms. The average molecular weight is 194 g/mol. The van der Waals surface area contributed by atoms with E-state index in [9.17, 15) is 0 Å². The predicted molar refractivity (Wildman–Crippen MR) is 59.8 cm³/mol. The molecule has 0 fully saturated rings. The van der Waals surface area contributed by atoms with E-state index >= 15 is 0 Å². The first-order valence-corrected chi connectivity index (χ1v) is 5.93. The Labute approximate surface area is 85.0 Å². The second-order valence-electron chi connectivity index (χ2n) is 5.06. The summed E-state index contributed by atoms with van der Waals surface area (Å²) in [5.74, 6) is 0. The van der Waals surface area contributed by atoms with Crippen LogP contribution in [-0.2, 0) is 18.3 Å². The van der Waals surface area contributed by atoms with Crippen molar-refractivity contribution >= 4 is 11.3 Å². The van der Waals surface area contributed by atoms with Crippen LogP contribution >= 0.6 is 11.3 Å². The van der Waals surface area contributed by atoms with Gasteiger partial charge in [0.1, 0.15) is 0 Å². The van der Waals surface area contributed by atoms with Gasteiger partial charge in [-0.05, 0) is 42.7 Å². The summed E-state index contributed by atoms with van der Waals surface area (Å²) in [4.78, 5) is 3.28. The van der Waals surface area contributed by atoms with Crippen molar-refractivity contribution < 1.29 is 0 Å². The lowest BCUT2D eigenvalue weighted by molar-refractivity contribution is 0.599. The second kappa shape index (κ2) is 2.84. The lowest BCUT2D eigenvalue weighted by atomic mass is 9.91. The van der Waals surface area contributed by atoms with Crippen molar-refractivity contribution in [3.8, 4) is 0 Å². The molecule has 0 aliphatic heterocycles. The Bertz CT molecular complexity index is 326. The lowest BCUT2D eigenvalue weighted by Gasteiger charge is -2.18. The Morgan fingerprint density at radius 2 is 1.85 bits per heavy atom. The molecule has 0 radical (unpaired) electrons. The molecule has 0 saturated heterocycles. The van der Waals surface area contributed by atoms with Crippen LogP contribution < -0.4 is 0 Å². The first-order chi connectivity index (χ1) is 6.00. The highest BCUT2D eigenvalue weighted by atomic mass is 32.1. The van der Waals surface area contributed by atoms with Crippen LogP contribution in [-0.4, -0.2) is 0 Å². The Morgan fingerprint density at radius 1 is 1.15 bits per heavy atom. The quantitative estimate of drug-likeness (QED) is 0.588. The molecule has 0 amide bonds. The molecular formula is C12H18S. The summed E-state index contributed by atoms with van der Waals surface area (Å²) in [5, 5.41) is 0. The summed E-state index contributed by atoms with van der Waals surface area (Å²) in [6, 6.07) is 0. The topological polar surface area (TPSA) is 0 Å². The molecule has 72 valence electrons. The van der Waals surface area contributed by atoms with Crippen LogP contribution in [0, 0.1) is 6.92 Å². The van der Waals surface area contributed by atoms with Gasteiger partial charge in [-0.2, -0.15) is 0 Å². The zero-order valence-electron chi connectivity index (χ0n) is 9.03. The molecule has 13 heavy (non-hydrogen) atoms. The zero-order valence-corrected chi connectivity index (χ0v) is 9.85. The van der Waals surface area contributed by atoms with Crippen LogP contribution in [0.3, 0.4) is 0 Å². The summed E-state index contributed by atoms with van der Waals surface area (Å²) in [5.41, 5.74) is 3.61. The van der Waals surface area contributed by atoms with E-state index in [2.05, 4.69) is 39.0 Å². The van der Waals surface area contributed by atoms with E-state index in [1.54, 1.807) is 20.9 Å². The van der Waals surface area contributed by atoms with E-state index in [1.807, 2.05) is 0 Å². The third kappa shape index (κ3) is 1.43. The summed E-state index contributed by atoms with van der Waals surface area (Å²) in [6.45, 7) is 9.27. The Balaban J connectivity index is 2.51. The molecule has 0 N–H and O–H groups in total.